The van der Waals surface area contributed by atoms with Crippen molar-refractivity contribution in [1.29, 1.82) is 0 Å². The Labute approximate surface area is 98.5 Å². The van der Waals surface area contributed by atoms with Crippen LogP contribution in [0.2, 0.25) is 0 Å². The molecule has 0 radical (unpaired) electrons. The first-order valence-electron chi connectivity index (χ1n) is 5.44. The van der Waals surface area contributed by atoms with Crippen molar-refractivity contribution in [2.75, 3.05) is 19.6 Å². The second-order valence-electron chi connectivity index (χ2n) is 4.82. The largest absolute Gasteiger partial charge is 0.412 e. The summed E-state index contributed by atoms with van der Waals surface area (Å²) in [4.78, 5) is 13.4. The van der Waals surface area contributed by atoms with E-state index < -0.39 is 17.2 Å². The number of hydrogen-bond donors (Lipinski definition) is 1. The van der Waals surface area contributed by atoms with E-state index in [-0.39, 0.29) is 32.0 Å². The molecule has 6 heteroatoms. The molecular weight excluding hydrogens is 233 g/mol. The van der Waals surface area contributed by atoms with Gasteiger partial charge in [-0.1, -0.05) is 6.08 Å². The molecule has 0 aromatic rings. The van der Waals surface area contributed by atoms with Crippen molar-refractivity contribution >= 4 is 5.91 Å². The van der Waals surface area contributed by atoms with Crippen LogP contribution >= 0.6 is 0 Å². The summed E-state index contributed by atoms with van der Waals surface area (Å²) in [5, 5.41) is 0. The van der Waals surface area contributed by atoms with E-state index in [1.165, 1.54) is 4.90 Å². The third kappa shape index (κ3) is 3.21. The maximum Gasteiger partial charge on any atom is 0.412 e. The lowest BCUT2D eigenvalue weighted by molar-refractivity contribution is -0.140. The lowest BCUT2D eigenvalue weighted by atomic mass is 9.91. The molecule has 0 saturated carbocycles. The predicted molar refractivity (Wildman–Crippen MR) is 58.2 cm³/mol. The molecule has 0 bridgehead atoms. The molecular formula is C11H17F3N2O. The second kappa shape index (κ2) is 4.68. The van der Waals surface area contributed by atoms with Crippen molar-refractivity contribution in [2.24, 2.45) is 11.1 Å². The number of nitrogens with two attached hydrogens (primary N) is 1. The standard InChI is InChI=1S/C11H17F3N2O/c1-10(2,7-15)9(17)16-5-3-8(4-6-16)11(12,13)14/h3H,4-7,15H2,1-2H3. The lowest BCUT2D eigenvalue weighted by Gasteiger charge is -2.33. The van der Waals surface area contributed by atoms with Gasteiger partial charge in [-0.3, -0.25) is 4.79 Å². The van der Waals surface area contributed by atoms with Crippen LogP contribution in [0.3, 0.4) is 0 Å². The molecule has 0 fully saturated rings. The number of alkyl halides is 3. The van der Waals surface area contributed by atoms with Gasteiger partial charge in [0, 0.05) is 25.2 Å². The van der Waals surface area contributed by atoms with Crippen molar-refractivity contribution < 1.29 is 18.0 Å². The van der Waals surface area contributed by atoms with Gasteiger partial charge in [0.25, 0.3) is 0 Å². The lowest BCUT2D eigenvalue weighted by Crippen LogP contribution is -2.46. The smallest absolute Gasteiger partial charge is 0.338 e. The Kier molecular flexibility index (Phi) is 3.86. The number of nitrogens with zero attached hydrogens (tertiary/aromatic N) is 1. The van der Waals surface area contributed by atoms with E-state index in [2.05, 4.69) is 0 Å². The number of halogens is 3. The van der Waals surface area contributed by atoms with Gasteiger partial charge in [0.05, 0.1) is 5.41 Å². The fourth-order valence-corrected chi connectivity index (χ4v) is 1.63. The first-order chi connectivity index (χ1) is 7.68. The predicted octanol–water partition coefficient (Wildman–Crippen LogP) is 1.69. The molecule has 0 atom stereocenters. The Morgan fingerprint density at radius 1 is 1.47 bits per heavy atom. The molecule has 0 aliphatic carbocycles. The highest BCUT2D eigenvalue weighted by Crippen LogP contribution is 2.31. The normalized spacial score (nSPS) is 18.0. The summed E-state index contributed by atoms with van der Waals surface area (Å²) in [5.41, 5.74) is 4.20. The third-order valence-corrected chi connectivity index (χ3v) is 2.95. The van der Waals surface area contributed by atoms with Crippen LogP contribution in [-0.4, -0.2) is 36.6 Å². The molecule has 1 aliphatic heterocycles. The van der Waals surface area contributed by atoms with Gasteiger partial charge >= 0.3 is 6.18 Å². The Morgan fingerprint density at radius 3 is 2.41 bits per heavy atom. The van der Waals surface area contributed by atoms with Gasteiger partial charge in [0.1, 0.15) is 0 Å². The Balaban J connectivity index is 2.70. The number of rotatable bonds is 2. The maximum absolute atomic E-state index is 12.4. The molecule has 0 spiro atoms. The highest BCUT2D eigenvalue weighted by atomic mass is 19.4. The van der Waals surface area contributed by atoms with E-state index in [0.29, 0.717) is 0 Å². The van der Waals surface area contributed by atoms with Crippen molar-refractivity contribution in [2.45, 2.75) is 26.4 Å². The molecule has 0 aromatic heterocycles. The van der Waals surface area contributed by atoms with Crippen LogP contribution in [0.15, 0.2) is 11.6 Å². The molecule has 0 unspecified atom stereocenters. The van der Waals surface area contributed by atoms with E-state index in [1.54, 1.807) is 13.8 Å². The Bertz CT molecular complexity index is 334. The topological polar surface area (TPSA) is 46.3 Å². The second-order valence-corrected chi connectivity index (χ2v) is 4.82. The maximum atomic E-state index is 12.4. The Hall–Kier alpha value is -1.04. The van der Waals surface area contributed by atoms with Crippen LogP contribution in [0.5, 0.6) is 0 Å². The van der Waals surface area contributed by atoms with Gasteiger partial charge in [-0.2, -0.15) is 13.2 Å². The monoisotopic (exact) mass is 250 g/mol. The summed E-state index contributed by atoms with van der Waals surface area (Å²) in [6, 6.07) is 0. The third-order valence-electron chi connectivity index (χ3n) is 2.95. The van der Waals surface area contributed by atoms with Gasteiger partial charge in [-0.15, -0.1) is 0 Å². The number of hydrogen-bond acceptors (Lipinski definition) is 2. The highest BCUT2D eigenvalue weighted by molar-refractivity contribution is 5.82. The van der Waals surface area contributed by atoms with Crippen LogP contribution in [0, 0.1) is 5.41 Å². The number of carbonyl (C=O) groups excluding carboxylic acids is 1. The van der Waals surface area contributed by atoms with E-state index in [4.69, 9.17) is 5.73 Å². The summed E-state index contributed by atoms with van der Waals surface area (Å²) in [5.74, 6) is -0.197. The van der Waals surface area contributed by atoms with Crippen LogP contribution in [-0.2, 0) is 4.79 Å². The highest BCUT2D eigenvalue weighted by Gasteiger charge is 2.37. The number of carbonyl (C=O) groups is 1. The average Bonchev–Trinajstić information content (AvgIpc) is 2.27. The van der Waals surface area contributed by atoms with Crippen LogP contribution in [0.25, 0.3) is 0 Å². The minimum atomic E-state index is -4.28. The van der Waals surface area contributed by atoms with Crippen molar-refractivity contribution in [1.82, 2.24) is 4.90 Å². The van der Waals surface area contributed by atoms with Gasteiger partial charge in [-0.05, 0) is 20.3 Å². The quantitative estimate of drug-likeness (QED) is 0.758. The summed E-state index contributed by atoms with van der Waals surface area (Å²) in [6.45, 7) is 3.68. The van der Waals surface area contributed by atoms with Crippen molar-refractivity contribution in [3.8, 4) is 0 Å². The molecule has 0 aromatic carbocycles. The van der Waals surface area contributed by atoms with E-state index in [0.717, 1.165) is 6.08 Å². The molecule has 0 saturated heterocycles. The van der Waals surface area contributed by atoms with E-state index >= 15 is 0 Å². The van der Waals surface area contributed by atoms with Gasteiger partial charge < -0.3 is 10.6 Å². The first-order valence-corrected chi connectivity index (χ1v) is 5.44. The van der Waals surface area contributed by atoms with Gasteiger partial charge in [-0.25, -0.2) is 0 Å². The fraction of sp³-hybridized carbons (Fsp3) is 0.727. The summed E-state index contributed by atoms with van der Waals surface area (Å²) >= 11 is 0. The summed E-state index contributed by atoms with van der Waals surface area (Å²) in [7, 11) is 0. The molecule has 1 amide bonds. The van der Waals surface area contributed by atoms with Crippen molar-refractivity contribution in [3.63, 3.8) is 0 Å². The summed E-state index contributed by atoms with van der Waals surface area (Å²) in [6.07, 6.45) is -3.34. The molecule has 3 nitrogen and oxygen atoms in total. The van der Waals surface area contributed by atoms with E-state index in [9.17, 15) is 18.0 Å². The molecule has 1 heterocycles. The molecule has 1 aliphatic rings. The van der Waals surface area contributed by atoms with E-state index in [1.807, 2.05) is 0 Å². The zero-order valence-corrected chi connectivity index (χ0v) is 9.97. The zero-order chi connectivity index (χ0) is 13.3. The molecule has 17 heavy (non-hydrogen) atoms. The van der Waals surface area contributed by atoms with Gasteiger partial charge in [0.15, 0.2) is 0 Å². The molecule has 2 N–H and O–H groups in total. The zero-order valence-electron chi connectivity index (χ0n) is 9.97. The minimum absolute atomic E-state index is 0.0110. The molecule has 1 rings (SSSR count). The number of amides is 1. The average molecular weight is 250 g/mol. The van der Waals surface area contributed by atoms with Crippen LogP contribution in [0.1, 0.15) is 20.3 Å². The SMILES string of the molecule is CC(C)(CN)C(=O)N1CC=C(C(F)(F)F)CC1. The first kappa shape index (κ1) is 14.0. The fourth-order valence-electron chi connectivity index (χ4n) is 1.63. The van der Waals surface area contributed by atoms with Crippen LogP contribution in [0.4, 0.5) is 13.2 Å². The minimum Gasteiger partial charge on any atom is -0.338 e. The van der Waals surface area contributed by atoms with Crippen molar-refractivity contribution in [3.05, 3.63) is 11.6 Å². The van der Waals surface area contributed by atoms with Gasteiger partial charge in [0.2, 0.25) is 5.91 Å². The molecule has 98 valence electrons. The summed E-state index contributed by atoms with van der Waals surface area (Å²) < 4.78 is 37.1. The van der Waals surface area contributed by atoms with Crippen LogP contribution < -0.4 is 5.73 Å². The Morgan fingerprint density at radius 2 is 2.06 bits per heavy atom.